The number of halogens is 3. The van der Waals surface area contributed by atoms with E-state index < -0.39 is 23.6 Å². The van der Waals surface area contributed by atoms with Crippen LogP contribution in [0.15, 0.2) is 41.2 Å². The van der Waals surface area contributed by atoms with E-state index in [2.05, 4.69) is 9.72 Å². The van der Waals surface area contributed by atoms with Gasteiger partial charge >= 0.3 is 12.3 Å². The Morgan fingerprint density at radius 3 is 2.55 bits per heavy atom. The van der Waals surface area contributed by atoms with Crippen LogP contribution in [0.2, 0.25) is 0 Å². The summed E-state index contributed by atoms with van der Waals surface area (Å²) in [6.07, 6.45) is -5.18. The molecule has 0 aliphatic heterocycles. The summed E-state index contributed by atoms with van der Waals surface area (Å²) in [7, 11) is 0. The molecule has 0 bridgehead atoms. The van der Waals surface area contributed by atoms with E-state index in [4.69, 9.17) is 5.11 Å². The predicted molar refractivity (Wildman–Crippen MR) is 70.5 cm³/mol. The van der Waals surface area contributed by atoms with Crippen LogP contribution in [-0.2, 0) is 11.2 Å². The third-order valence-corrected chi connectivity index (χ3v) is 2.69. The van der Waals surface area contributed by atoms with Gasteiger partial charge in [-0.3, -0.25) is 9.59 Å². The molecule has 8 heteroatoms. The summed E-state index contributed by atoms with van der Waals surface area (Å²) in [4.78, 5) is 24.8. The number of aromatic nitrogens is 1. The number of ether oxygens (including phenoxy) is 1. The molecule has 5 nitrogen and oxygen atoms in total. The van der Waals surface area contributed by atoms with E-state index in [-0.39, 0.29) is 23.2 Å². The molecule has 0 fully saturated rings. The first-order valence-corrected chi connectivity index (χ1v) is 6.05. The molecule has 0 saturated heterocycles. The van der Waals surface area contributed by atoms with E-state index in [0.717, 1.165) is 12.1 Å². The number of carbonyl (C=O) groups is 1. The monoisotopic (exact) mass is 313 g/mol. The maximum atomic E-state index is 12.2. The van der Waals surface area contributed by atoms with Gasteiger partial charge < -0.3 is 14.8 Å². The Kier molecular flexibility index (Phi) is 4.20. The average molecular weight is 313 g/mol. The van der Waals surface area contributed by atoms with Crippen LogP contribution in [0.3, 0.4) is 0 Å². The van der Waals surface area contributed by atoms with Crippen molar-refractivity contribution in [2.75, 3.05) is 0 Å². The number of hydrogen-bond acceptors (Lipinski definition) is 3. The standard InChI is InChI=1S/C14H10F3NO4/c15-14(16,17)22-10-3-1-2-8(6-10)11-5-4-9(7-12(19)20)18-13(11)21/h1-6H,7H2,(H,18,21)(H,19,20). The van der Waals surface area contributed by atoms with Gasteiger partial charge in [0, 0.05) is 11.3 Å². The van der Waals surface area contributed by atoms with E-state index in [1.165, 1.54) is 24.3 Å². The molecule has 0 aliphatic rings. The number of H-pyrrole nitrogens is 1. The van der Waals surface area contributed by atoms with Gasteiger partial charge in [-0.2, -0.15) is 0 Å². The number of rotatable bonds is 4. The Bertz CT molecular complexity index is 752. The summed E-state index contributed by atoms with van der Waals surface area (Å²) < 4.78 is 40.3. The maximum absolute atomic E-state index is 12.2. The number of benzene rings is 1. The molecule has 2 N–H and O–H groups in total. The summed E-state index contributed by atoms with van der Waals surface area (Å²) in [5.41, 5.74) is -0.0570. The second kappa shape index (κ2) is 5.92. The van der Waals surface area contributed by atoms with Crippen molar-refractivity contribution in [1.29, 1.82) is 0 Å². The highest BCUT2D eigenvalue weighted by Gasteiger charge is 2.31. The number of hydrogen-bond donors (Lipinski definition) is 2. The van der Waals surface area contributed by atoms with Crippen LogP contribution < -0.4 is 10.3 Å². The molecule has 0 radical (unpaired) electrons. The summed E-state index contributed by atoms with van der Waals surface area (Å²) in [6.45, 7) is 0. The zero-order valence-electron chi connectivity index (χ0n) is 11.0. The third-order valence-electron chi connectivity index (χ3n) is 2.69. The molecular formula is C14H10F3NO4. The van der Waals surface area contributed by atoms with E-state index >= 15 is 0 Å². The quantitative estimate of drug-likeness (QED) is 0.909. The van der Waals surface area contributed by atoms with Crippen LogP contribution >= 0.6 is 0 Å². The number of aromatic amines is 1. The maximum Gasteiger partial charge on any atom is 0.573 e. The number of carboxylic acid groups (broad SMARTS) is 1. The Morgan fingerprint density at radius 2 is 1.95 bits per heavy atom. The van der Waals surface area contributed by atoms with Gasteiger partial charge in [0.25, 0.3) is 5.56 Å². The topological polar surface area (TPSA) is 79.4 Å². The lowest BCUT2D eigenvalue weighted by molar-refractivity contribution is -0.274. The summed E-state index contributed by atoms with van der Waals surface area (Å²) in [6, 6.07) is 7.70. The summed E-state index contributed by atoms with van der Waals surface area (Å²) >= 11 is 0. The number of alkyl halides is 3. The molecule has 0 unspecified atom stereocenters. The highest BCUT2D eigenvalue weighted by atomic mass is 19.4. The fraction of sp³-hybridized carbons (Fsp3) is 0.143. The van der Waals surface area contributed by atoms with Crippen molar-refractivity contribution in [2.24, 2.45) is 0 Å². The Balaban J connectivity index is 2.34. The van der Waals surface area contributed by atoms with Crippen molar-refractivity contribution < 1.29 is 27.8 Å². The zero-order chi connectivity index (χ0) is 16.3. The van der Waals surface area contributed by atoms with E-state index in [0.29, 0.717) is 0 Å². The highest BCUT2D eigenvalue weighted by Crippen LogP contribution is 2.26. The molecule has 0 aliphatic carbocycles. The molecule has 0 saturated carbocycles. The predicted octanol–water partition coefficient (Wildman–Crippen LogP) is 2.57. The third kappa shape index (κ3) is 4.11. The first-order valence-electron chi connectivity index (χ1n) is 6.05. The van der Waals surface area contributed by atoms with Gasteiger partial charge in [0.05, 0.1) is 6.42 Å². The first-order chi connectivity index (χ1) is 10.2. The molecule has 2 aromatic rings. The van der Waals surface area contributed by atoms with Crippen molar-refractivity contribution in [2.45, 2.75) is 12.8 Å². The molecule has 0 amide bonds. The second-order valence-electron chi connectivity index (χ2n) is 4.37. The van der Waals surface area contributed by atoms with Crippen LogP contribution in [0.1, 0.15) is 5.69 Å². The van der Waals surface area contributed by atoms with Crippen LogP contribution in [0, 0.1) is 0 Å². The molecule has 2 rings (SSSR count). The summed E-state index contributed by atoms with van der Waals surface area (Å²) in [5, 5.41) is 8.64. The Hall–Kier alpha value is -2.77. The second-order valence-corrected chi connectivity index (χ2v) is 4.37. The van der Waals surface area contributed by atoms with Crippen LogP contribution in [0.4, 0.5) is 13.2 Å². The SMILES string of the molecule is O=C(O)Cc1ccc(-c2cccc(OC(F)(F)F)c2)c(=O)[nH]1. The molecule has 22 heavy (non-hydrogen) atoms. The lowest BCUT2D eigenvalue weighted by Crippen LogP contribution is -2.17. The lowest BCUT2D eigenvalue weighted by Gasteiger charge is -2.10. The van der Waals surface area contributed by atoms with Crippen molar-refractivity contribution in [1.82, 2.24) is 4.98 Å². The summed E-state index contributed by atoms with van der Waals surface area (Å²) in [5.74, 6) is -1.55. The van der Waals surface area contributed by atoms with Gasteiger partial charge in [-0.1, -0.05) is 12.1 Å². The number of nitrogens with one attached hydrogen (secondary N) is 1. The van der Waals surface area contributed by atoms with Gasteiger partial charge in [-0.15, -0.1) is 13.2 Å². The smallest absolute Gasteiger partial charge is 0.481 e. The van der Waals surface area contributed by atoms with E-state index in [1.54, 1.807) is 0 Å². The molecular weight excluding hydrogens is 303 g/mol. The first kappa shape index (κ1) is 15.6. The Labute approximate surface area is 122 Å². The van der Waals surface area contributed by atoms with Crippen LogP contribution in [-0.4, -0.2) is 22.4 Å². The zero-order valence-corrected chi connectivity index (χ0v) is 11.0. The minimum Gasteiger partial charge on any atom is -0.481 e. The van der Waals surface area contributed by atoms with Crippen molar-refractivity contribution in [3.8, 4) is 16.9 Å². The molecule has 1 aromatic heterocycles. The highest BCUT2D eigenvalue weighted by molar-refractivity contribution is 5.70. The van der Waals surface area contributed by atoms with Gasteiger partial charge in [0.2, 0.25) is 0 Å². The van der Waals surface area contributed by atoms with Crippen LogP contribution in [0.5, 0.6) is 5.75 Å². The van der Waals surface area contributed by atoms with Gasteiger partial charge in [-0.25, -0.2) is 0 Å². The van der Waals surface area contributed by atoms with Crippen LogP contribution in [0.25, 0.3) is 11.1 Å². The fourth-order valence-corrected chi connectivity index (χ4v) is 1.87. The normalized spacial score (nSPS) is 11.2. The number of pyridine rings is 1. The lowest BCUT2D eigenvalue weighted by atomic mass is 10.1. The minimum atomic E-state index is -4.82. The molecule has 0 spiro atoms. The molecule has 1 heterocycles. The van der Waals surface area contributed by atoms with Crippen molar-refractivity contribution in [3.63, 3.8) is 0 Å². The molecule has 116 valence electrons. The fourth-order valence-electron chi connectivity index (χ4n) is 1.87. The van der Waals surface area contributed by atoms with Crippen molar-refractivity contribution >= 4 is 5.97 Å². The van der Waals surface area contributed by atoms with Crippen molar-refractivity contribution in [3.05, 3.63) is 52.4 Å². The Morgan fingerprint density at radius 1 is 1.23 bits per heavy atom. The van der Waals surface area contributed by atoms with Gasteiger partial charge in [-0.05, 0) is 29.8 Å². The minimum absolute atomic E-state index is 0.113. The van der Waals surface area contributed by atoms with Gasteiger partial charge in [0.1, 0.15) is 5.75 Å². The van der Waals surface area contributed by atoms with Gasteiger partial charge in [0.15, 0.2) is 0 Å². The molecule has 1 aromatic carbocycles. The number of aliphatic carboxylic acids is 1. The average Bonchev–Trinajstić information content (AvgIpc) is 2.36. The van der Waals surface area contributed by atoms with E-state index in [9.17, 15) is 22.8 Å². The molecule has 0 atom stereocenters. The van der Waals surface area contributed by atoms with E-state index in [1.807, 2.05) is 0 Å². The largest absolute Gasteiger partial charge is 0.573 e. The number of carboxylic acids is 1.